The molecule has 0 atom stereocenters. The van der Waals surface area contributed by atoms with E-state index in [0.29, 0.717) is 5.41 Å². The maximum absolute atomic E-state index is 12.3. The van der Waals surface area contributed by atoms with Gasteiger partial charge in [-0.1, -0.05) is 13.8 Å². The van der Waals surface area contributed by atoms with E-state index in [1.54, 1.807) is 0 Å². The van der Waals surface area contributed by atoms with Crippen LogP contribution in [-0.2, 0) is 23.9 Å². The number of carbonyl (C=O) groups excluding carboxylic acids is 3. The van der Waals surface area contributed by atoms with Crippen LogP contribution in [0.5, 0.6) is 0 Å². The number of rotatable bonds is 3. The van der Waals surface area contributed by atoms with Gasteiger partial charge in [0, 0.05) is 20.3 Å². The van der Waals surface area contributed by atoms with Gasteiger partial charge in [-0.3, -0.25) is 14.4 Å². The van der Waals surface area contributed by atoms with Crippen molar-refractivity contribution in [2.45, 2.75) is 65.6 Å². The lowest BCUT2D eigenvalue weighted by atomic mass is 9.71. The van der Waals surface area contributed by atoms with Crippen LogP contribution >= 0.6 is 0 Å². The third-order valence-corrected chi connectivity index (χ3v) is 4.43. The van der Waals surface area contributed by atoms with Gasteiger partial charge in [0.05, 0.1) is 0 Å². The molecular weight excluding hydrogens is 272 g/mol. The Labute approximate surface area is 125 Å². The fraction of sp³-hybridized carbons (Fsp3) is 0.812. The molecule has 2 fully saturated rings. The zero-order chi connectivity index (χ0) is 15.8. The highest BCUT2D eigenvalue weighted by molar-refractivity contribution is 6.15. The van der Waals surface area contributed by atoms with Crippen LogP contribution < -0.4 is 0 Å². The van der Waals surface area contributed by atoms with Crippen molar-refractivity contribution >= 4 is 17.7 Å². The highest BCUT2D eigenvalue weighted by atomic mass is 16.7. The van der Waals surface area contributed by atoms with Gasteiger partial charge in [0.25, 0.3) is 5.79 Å². The molecule has 0 aromatic heterocycles. The summed E-state index contributed by atoms with van der Waals surface area (Å²) in [5.74, 6) is -4.35. The topological polar surface area (TPSA) is 69.7 Å². The van der Waals surface area contributed by atoms with Gasteiger partial charge >= 0.3 is 11.9 Å². The summed E-state index contributed by atoms with van der Waals surface area (Å²) in [4.78, 5) is 36.0. The van der Waals surface area contributed by atoms with Crippen LogP contribution in [-0.4, -0.2) is 23.5 Å². The molecule has 1 saturated heterocycles. The van der Waals surface area contributed by atoms with Crippen LogP contribution in [0.2, 0.25) is 0 Å². The molecule has 21 heavy (non-hydrogen) atoms. The summed E-state index contributed by atoms with van der Waals surface area (Å²) in [6.45, 7) is 7.41. The quantitative estimate of drug-likeness (QED) is 0.591. The minimum Gasteiger partial charge on any atom is -0.422 e. The summed E-state index contributed by atoms with van der Waals surface area (Å²) in [6.07, 6.45) is 4.31. The second-order valence-electron chi connectivity index (χ2n) is 7.45. The molecular formula is C16H24O5. The fourth-order valence-electron chi connectivity index (χ4n) is 3.05. The largest absolute Gasteiger partial charge is 0.422 e. The molecule has 0 bridgehead atoms. The summed E-state index contributed by atoms with van der Waals surface area (Å²) in [5.41, 5.74) is 0.326. The van der Waals surface area contributed by atoms with Gasteiger partial charge in [-0.25, -0.2) is 0 Å². The highest BCUT2D eigenvalue weighted by Gasteiger charge is 2.47. The summed E-state index contributed by atoms with van der Waals surface area (Å²) < 4.78 is 9.99. The first-order chi connectivity index (χ1) is 9.60. The molecule has 0 radical (unpaired) electrons. The number of hydrogen-bond acceptors (Lipinski definition) is 5. The van der Waals surface area contributed by atoms with Crippen LogP contribution in [0.3, 0.4) is 0 Å². The number of carbonyl (C=O) groups is 3. The lowest BCUT2D eigenvalue weighted by Crippen LogP contribution is -2.49. The van der Waals surface area contributed by atoms with Crippen LogP contribution in [0.4, 0.5) is 0 Å². The SMILES string of the molecule is CC1(C)CCC(CC(=O)C2C(=O)OC(C)(C)OC2=O)CC1. The Balaban J connectivity index is 1.95. The molecule has 1 saturated carbocycles. The van der Waals surface area contributed by atoms with Gasteiger partial charge in [0.15, 0.2) is 5.78 Å². The van der Waals surface area contributed by atoms with E-state index in [2.05, 4.69) is 13.8 Å². The van der Waals surface area contributed by atoms with Gasteiger partial charge in [0.2, 0.25) is 5.92 Å². The van der Waals surface area contributed by atoms with Crippen LogP contribution in [0.25, 0.3) is 0 Å². The van der Waals surface area contributed by atoms with Gasteiger partial charge < -0.3 is 9.47 Å². The summed E-state index contributed by atoms with van der Waals surface area (Å²) >= 11 is 0. The lowest BCUT2D eigenvalue weighted by molar-refractivity contribution is -0.238. The average Bonchev–Trinajstić information content (AvgIpc) is 2.29. The molecule has 0 aromatic rings. The number of esters is 2. The fourth-order valence-corrected chi connectivity index (χ4v) is 3.05. The first kappa shape index (κ1) is 16.0. The number of ketones is 1. The van der Waals surface area contributed by atoms with Gasteiger partial charge in [-0.15, -0.1) is 0 Å². The molecule has 1 aliphatic carbocycles. The van der Waals surface area contributed by atoms with Crippen molar-refractivity contribution in [2.75, 3.05) is 0 Å². The standard InChI is InChI=1S/C16H24O5/c1-15(2)7-5-10(6-8-15)9-11(17)12-13(18)20-16(3,4)21-14(12)19/h10,12H,5-9H2,1-4H3. The molecule has 5 heteroatoms. The van der Waals surface area contributed by atoms with E-state index in [4.69, 9.17) is 9.47 Å². The third kappa shape index (κ3) is 3.83. The van der Waals surface area contributed by atoms with Crippen molar-refractivity contribution in [3.63, 3.8) is 0 Å². The Morgan fingerprint density at radius 1 is 1.05 bits per heavy atom. The van der Waals surface area contributed by atoms with E-state index in [-0.39, 0.29) is 18.1 Å². The smallest absolute Gasteiger partial charge is 0.331 e. The second kappa shape index (κ2) is 5.43. The molecule has 118 valence electrons. The zero-order valence-corrected chi connectivity index (χ0v) is 13.2. The van der Waals surface area contributed by atoms with E-state index in [1.807, 2.05) is 0 Å². The molecule has 0 spiro atoms. The van der Waals surface area contributed by atoms with Crippen molar-refractivity contribution in [1.82, 2.24) is 0 Å². The van der Waals surface area contributed by atoms with E-state index >= 15 is 0 Å². The van der Waals surface area contributed by atoms with Gasteiger partial charge in [-0.2, -0.15) is 0 Å². The van der Waals surface area contributed by atoms with Crippen molar-refractivity contribution in [2.24, 2.45) is 17.3 Å². The highest BCUT2D eigenvalue weighted by Crippen LogP contribution is 2.39. The third-order valence-electron chi connectivity index (χ3n) is 4.43. The maximum Gasteiger partial charge on any atom is 0.331 e. The van der Waals surface area contributed by atoms with E-state index in [9.17, 15) is 14.4 Å². The summed E-state index contributed by atoms with van der Waals surface area (Å²) in [7, 11) is 0. The molecule has 0 unspecified atom stereocenters. The zero-order valence-electron chi connectivity index (χ0n) is 13.2. The molecule has 2 rings (SSSR count). The lowest BCUT2D eigenvalue weighted by Gasteiger charge is -2.35. The molecule has 2 aliphatic rings. The first-order valence-corrected chi connectivity index (χ1v) is 7.58. The Kier molecular flexibility index (Phi) is 4.13. The van der Waals surface area contributed by atoms with E-state index in [1.165, 1.54) is 13.8 Å². The monoisotopic (exact) mass is 296 g/mol. The molecule has 5 nitrogen and oxygen atoms in total. The van der Waals surface area contributed by atoms with Crippen molar-refractivity contribution in [1.29, 1.82) is 0 Å². The average molecular weight is 296 g/mol. The van der Waals surface area contributed by atoms with Crippen LogP contribution in [0, 0.1) is 17.3 Å². The first-order valence-electron chi connectivity index (χ1n) is 7.58. The summed E-state index contributed by atoms with van der Waals surface area (Å²) in [5, 5.41) is 0. The van der Waals surface area contributed by atoms with Crippen molar-refractivity contribution in [3.8, 4) is 0 Å². The van der Waals surface area contributed by atoms with E-state index < -0.39 is 23.6 Å². The number of hydrogen-bond donors (Lipinski definition) is 0. The van der Waals surface area contributed by atoms with E-state index in [0.717, 1.165) is 25.7 Å². The number of Topliss-reactive ketones (excluding diaryl/α,β-unsaturated/α-hetero) is 1. The normalized spacial score (nSPS) is 26.1. The Morgan fingerprint density at radius 2 is 1.52 bits per heavy atom. The molecule has 1 aliphatic heterocycles. The van der Waals surface area contributed by atoms with Crippen LogP contribution in [0.15, 0.2) is 0 Å². The summed E-state index contributed by atoms with van der Waals surface area (Å²) in [6, 6.07) is 0. The minimum absolute atomic E-state index is 0.251. The number of cyclic esters (lactones) is 2. The molecule has 1 heterocycles. The second-order valence-corrected chi connectivity index (χ2v) is 7.45. The molecule has 0 aromatic carbocycles. The van der Waals surface area contributed by atoms with Crippen molar-refractivity contribution < 1.29 is 23.9 Å². The Bertz CT molecular complexity index is 433. The maximum atomic E-state index is 12.3. The predicted molar refractivity (Wildman–Crippen MR) is 75.1 cm³/mol. The Morgan fingerprint density at radius 3 is 2.00 bits per heavy atom. The molecule has 0 N–H and O–H groups in total. The van der Waals surface area contributed by atoms with Gasteiger partial charge in [0.1, 0.15) is 0 Å². The van der Waals surface area contributed by atoms with Crippen LogP contribution in [0.1, 0.15) is 59.8 Å². The number of ether oxygens (including phenoxy) is 2. The molecule has 0 amide bonds. The minimum atomic E-state index is -1.40. The Hall–Kier alpha value is -1.39. The van der Waals surface area contributed by atoms with Crippen molar-refractivity contribution in [3.05, 3.63) is 0 Å². The van der Waals surface area contributed by atoms with Gasteiger partial charge in [-0.05, 0) is 37.0 Å². The predicted octanol–water partition coefficient (Wildman–Crippen LogP) is 2.61.